The van der Waals surface area contributed by atoms with E-state index in [9.17, 15) is 4.79 Å². The Balaban J connectivity index is 2.15. The summed E-state index contributed by atoms with van der Waals surface area (Å²) in [4.78, 5) is 12.0. The molecule has 1 aromatic carbocycles. The van der Waals surface area contributed by atoms with E-state index in [4.69, 9.17) is 10.5 Å². The molecule has 110 valence electrons. The van der Waals surface area contributed by atoms with Gasteiger partial charge in [-0.1, -0.05) is 19.4 Å². The molecule has 4 heteroatoms. The predicted molar refractivity (Wildman–Crippen MR) is 81.9 cm³/mol. The van der Waals surface area contributed by atoms with Gasteiger partial charge in [0.25, 0.3) is 0 Å². The Hall–Kier alpha value is -1.71. The molecule has 1 saturated carbocycles. The first kappa shape index (κ1) is 14.7. The lowest BCUT2D eigenvalue weighted by Crippen LogP contribution is -2.36. The van der Waals surface area contributed by atoms with Crippen LogP contribution in [0.2, 0.25) is 0 Å². The van der Waals surface area contributed by atoms with Gasteiger partial charge < -0.3 is 15.8 Å². The lowest BCUT2D eigenvalue weighted by Gasteiger charge is -2.41. The van der Waals surface area contributed by atoms with Crippen LogP contribution in [0.15, 0.2) is 18.2 Å². The highest BCUT2D eigenvalue weighted by Crippen LogP contribution is 2.44. The van der Waals surface area contributed by atoms with E-state index < -0.39 is 0 Å². The summed E-state index contributed by atoms with van der Waals surface area (Å²) in [6.07, 6.45) is 4.95. The lowest BCUT2D eigenvalue weighted by molar-refractivity contribution is 0.0527. The number of esters is 1. The molecule has 2 rings (SSSR count). The number of benzene rings is 1. The highest BCUT2D eigenvalue weighted by atomic mass is 16.5. The lowest BCUT2D eigenvalue weighted by atomic mass is 9.67. The van der Waals surface area contributed by atoms with E-state index in [1.54, 1.807) is 19.1 Å². The van der Waals surface area contributed by atoms with E-state index in [1.165, 1.54) is 19.3 Å². The second-order valence-corrected chi connectivity index (χ2v) is 5.55. The molecule has 1 aromatic rings. The molecule has 0 atom stereocenters. The molecular weight excluding hydrogens is 252 g/mol. The highest BCUT2D eigenvalue weighted by Gasteiger charge is 2.35. The van der Waals surface area contributed by atoms with Gasteiger partial charge in [0.2, 0.25) is 0 Å². The summed E-state index contributed by atoms with van der Waals surface area (Å²) in [7, 11) is 0. The van der Waals surface area contributed by atoms with Crippen molar-refractivity contribution in [2.75, 3.05) is 24.2 Å². The van der Waals surface area contributed by atoms with Crippen LogP contribution in [0.1, 0.15) is 49.9 Å². The molecule has 3 N–H and O–H groups in total. The van der Waals surface area contributed by atoms with Crippen molar-refractivity contribution in [1.29, 1.82) is 0 Å². The van der Waals surface area contributed by atoms with Crippen LogP contribution in [0.25, 0.3) is 0 Å². The Kier molecular flexibility index (Phi) is 4.53. The van der Waals surface area contributed by atoms with Crippen LogP contribution in [-0.2, 0) is 4.74 Å². The minimum Gasteiger partial charge on any atom is -0.462 e. The zero-order valence-electron chi connectivity index (χ0n) is 12.4. The topological polar surface area (TPSA) is 64.3 Å². The average Bonchev–Trinajstić information content (AvgIpc) is 2.39. The van der Waals surface area contributed by atoms with Crippen LogP contribution in [0.3, 0.4) is 0 Å². The summed E-state index contributed by atoms with van der Waals surface area (Å²) >= 11 is 0. The minimum atomic E-state index is -0.318. The number of para-hydroxylation sites is 1. The molecule has 0 saturated heterocycles. The molecule has 0 spiro atoms. The van der Waals surface area contributed by atoms with Crippen LogP contribution in [0.5, 0.6) is 0 Å². The van der Waals surface area contributed by atoms with Gasteiger partial charge in [-0.15, -0.1) is 0 Å². The number of carbonyl (C=O) groups is 1. The molecule has 0 aromatic heterocycles. The summed E-state index contributed by atoms with van der Waals surface area (Å²) in [5.74, 6) is -0.318. The average molecular weight is 276 g/mol. The molecule has 1 fully saturated rings. The quantitative estimate of drug-likeness (QED) is 0.617. The summed E-state index contributed by atoms with van der Waals surface area (Å²) in [5.41, 5.74) is 8.22. The standard InChI is InChI=1S/C16H24N2O2/c1-3-16(9-6-10-16)11-18-14-12(15(19)20-4-2)7-5-8-13(14)17/h5,7-8,18H,3-4,6,9-11,17H2,1-2H3. The van der Waals surface area contributed by atoms with Crippen molar-refractivity contribution in [2.24, 2.45) is 5.41 Å². The Bertz CT molecular complexity index is 476. The molecule has 0 amide bonds. The number of hydrogen-bond acceptors (Lipinski definition) is 4. The van der Waals surface area contributed by atoms with Crippen molar-refractivity contribution in [3.63, 3.8) is 0 Å². The maximum atomic E-state index is 12.0. The fourth-order valence-corrected chi connectivity index (χ4v) is 2.75. The van der Waals surface area contributed by atoms with Gasteiger partial charge in [0.05, 0.1) is 23.5 Å². The van der Waals surface area contributed by atoms with Gasteiger partial charge in [0.15, 0.2) is 0 Å². The van der Waals surface area contributed by atoms with E-state index in [-0.39, 0.29) is 5.97 Å². The number of nitrogens with two attached hydrogens (primary N) is 1. The second-order valence-electron chi connectivity index (χ2n) is 5.55. The maximum Gasteiger partial charge on any atom is 0.340 e. The van der Waals surface area contributed by atoms with E-state index in [0.717, 1.165) is 13.0 Å². The Morgan fingerprint density at radius 3 is 2.70 bits per heavy atom. The SMILES string of the molecule is CCOC(=O)c1cccc(N)c1NCC1(CC)CCC1. The van der Waals surface area contributed by atoms with Gasteiger partial charge in [-0.2, -0.15) is 0 Å². The molecule has 20 heavy (non-hydrogen) atoms. The molecule has 0 radical (unpaired) electrons. The Labute approximate surface area is 120 Å². The van der Waals surface area contributed by atoms with Gasteiger partial charge in [-0.25, -0.2) is 4.79 Å². The number of nitrogens with one attached hydrogen (secondary N) is 1. The predicted octanol–water partition coefficient (Wildman–Crippen LogP) is 3.44. The van der Waals surface area contributed by atoms with E-state index in [1.807, 2.05) is 6.07 Å². The summed E-state index contributed by atoms with van der Waals surface area (Å²) in [6, 6.07) is 5.35. The van der Waals surface area contributed by atoms with Gasteiger partial charge in [-0.3, -0.25) is 0 Å². The second kappa shape index (κ2) is 6.16. The van der Waals surface area contributed by atoms with Crippen LogP contribution in [0, 0.1) is 5.41 Å². The van der Waals surface area contributed by atoms with Gasteiger partial charge in [-0.05, 0) is 43.7 Å². The molecule has 1 aliphatic carbocycles. The van der Waals surface area contributed by atoms with E-state index in [2.05, 4.69) is 12.2 Å². The fraction of sp³-hybridized carbons (Fsp3) is 0.562. The van der Waals surface area contributed by atoms with Crippen molar-refractivity contribution in [3.05, 3.63) is 23.8 Å². The van der Waals surface area contributed by atoms with Crippen LogP contribution < -0.4 is 11.1 Å². The van der Waals surface area contributed by atoms with Crippen LogP contribution in [-0.4, -0.2) is 19.1 Å². The number of ether oxygens (including phenoxy) is 1. The molecule has 1 aliphatic rings. The number of carbonyl (C=O) groups excluding carboxylic acids is 1. The number of rotatable bonds is 6. The smallest absolute Gasteiger partial charge is 0.340 e. The molecule has 4 nitrogen and oxygen atoms in total. The highest BCUT2D eigenvalue weighted by molar-refractivity contribution is 5.98. The first-order valence-corrected chi connectivity index (χ1v) is 7.41. The van der Waals surface area contributed by atoms with E-state index >= 15 is 0 Å². The van der Waals surface area contributed by atoms with Crippen molar-refractivity contribution in [2.45, 2.75) is 39.5 Å². The van der Waals surface area contributed by atoms with Crippen molar-refractivity contribution >= 4 is 17.3 Å². The van der Waals surface area contributed by atoms with E-state index in [0.29, 0.717) is 29.0 Å². The monoisotopic (exact) mass is 276 g/mol. The zero-order chi connectivity index (χ0) is 14.6. The van der Waals surface area contributed by atoms with Gasteiger partial charge in [0.1, 0.15) is 0 Å². The van der Waals surface area contributed by atoms with Crippen LogP contribution >= 0.6 is 0 Å². The molecule has 0 heterocycles. The fourth-order valence-electron chi connectivity index (χ4n) is 2.75. The summed E-state index contributed by atoms with van der Waals surface area (Å²) in [6.45, 7) is 5.26. The minimum absolute atomic E-state index is 0.318. The normalized spacial score (nSPS) is 16.3. The largest absolute Gasteiger partial charge is 0.462 e. The number of anilines is 2. The van der Waals surface area contributed by atoms with Crippen molar-refractivity contribution in [3.8, 4) is 0 Å². The molecule has 0 aliphatic heterocycles. The Morgan fingerprint density at radius 2 is 2.15 bits per heavy atom. The van der Waals surface area contributed by atoms with Gasteiger partial charge >= 0.3 is 5.97 Å². The maximum absolute atomic E-state index is 12.0. The Morgan fingerprint density at radius 1 is 1.40 bits per heavy atom. The number of hydrogen-bond donors (Lipinski definition) is 2. The zero-order valence-corrected chi connectivity index (χ0v) is 12.4. The number of nitrogen functional groups attached to an aromatic ring is 1. The first-order chi connectivity index (χ1) is 9.62. The molecule has 0 bridgehead atoms. The summed E-state index contributed by atoms with van der Waals surface area (Å²) < 4.78 is 5.09. The van der Waals surface area contributed by atoms with Crippen molar-refractivity contribution < 1.29 is 9.53 Å². The van der Waals surface area contributed by atoms with Crippen LogP contribution in [0.4, 0.5) is 11.4 Å². The molecule has 0 unspecified atom stereocenters. The van der Waals surface area contributed by atoms with Gasteiger partial charge in [0, 0.05) is 6.54 Å². The first-order valence-electron chi connectivity index (χ1n) is 7.41. The third-order valence-electron chi connectivity index (χ3n) is 4.40. The third kappa shape index (κ3) is 2.89. The van der Waals surface area contributed by atoms with Crippen molar-refractivity contribution in [1.82, 2.24) is 0 Å². The third-order valence-corrected chi connectivity index (χ3v) is 4.40. The summed E-state index contributed by atoms with van der Waals surface area (Å²) in [5, 5.41) is 3.39. The molecular formula is C16H24N2O2.